The van der Waals surface area contributed by atoms with Crippen molar-refractivity contribution in [3.8, 4) is 11.1 Å². The summed E-state index contributed by atoms with van der Waals surface area (Å²) in [5.74, 6) is -1.91. The van der Waals surface area contributed by atoms with Crippen molar-refractivity contribution < 1.29 is 33.8 Å². The van der Waals surface area contributed by atoms with Crippen molar-refractivity contribution in [1.29, 1.82) is 0 Å². The highest BCUT2D eigenvalue weighted by Gasteiger charge is 2.36. The quantitative estimate of drug-likeness (QED) is 0.271. The highest BCUT2D eigenvalue weighted by molar-refractivity contribution is 5.86. The van der Waals surface area contributed by atoms with Crippen LogP contribution in [0.1, 0.15) is 75.3 Å². The van der Waals surface area contributed by atoms with Gasteiger partial charge in [0.2, 0.25) is 11.8 Å². The molecule has 1 heterocycles. The summed E-state index contributed by atoms with van der Waals surface area (Å²) in [4.78, 5) is 51.9. The second-order valence-corrected chi connectivity index (χ2v) is 12.4. The van der Waals surface area contributed by atoms with Gasteiger partial charge in [0.1, 0.15) is 18.8 Å². The summed E-state index contributed by atoms with van der Waals surface area (Å²) in [6.45, 7) is 1.72. The molecule has 1 saturated carbocycles. The van der Waals surface area contributed by atoms with Crippen LogP contribution < -0.4 is 16.0 Å². The lowest BCUT2D eigenvalue weighted by atomic mass is 9.95. The number of alkyl carbamates (subject to hydrolysis) is 1. The number of amides is 3. The van der Waals surface area contributed by atoms with E-state index < -0.39 is 35.7 Å². The number of hydrogen-bond acceptors (Lipinski definition) is 7. The zero-order chi connectivity index (χ0) is 31.8. The molecule has 4 N–H and O–H groups in total. The van der Waals surface area contributed by atoms with Crippen LogP contribution in [0.2, 0.25) is 0 Å². The zero-order valence-corrected chi connectivity index (χ0v) is 25.8. The molecule has 3 aliphatic rings. The van der Waals surface area contributed by atoms with Crippen LogP contribution in [-0.2, 0) is 23.9 Å². The Bertz CT molecular complexity index is 1370. The molecule has 3 amide bonds. The van der Waals surface area contributed by atoms with E-state index in [4.69, 9.17) is 9.47 Å². The predicted molar refractivity (Wildman–Crippen MR) is 168 cm³/mol. The number of carbonyl (C=O) groups is 4. The van der Waals surface area contributed by atoms with Gasteiger partial charge in [-0.1, -0.05) is 73.5 Å². The molecule has 1 fully saturated rings. The molecule has 3 atom stereocenters. The molecule has 10 heteroatoms. The predicted octanol–water partition coefficient (Wildman–Crippen LogP) is 4.11. The Morgan fingerprint density at radius 3 is 2.36 bits per heavy atom. The molecule has 0 aromatic heterocycles. The van der Waals surface area contributed by atoms with Crippen LogP contribution in [0.5, 0.6) is 0 Å². The Balaban J connectivity index is 1.18. The number of ether oxygens (including phenoxy) is 2. The summed E-state index contributed by atoms with van der Waals surface area (Å²) < 4.78 is 11.2. The minimum Gasteiger partial charge on any atom is -0.459 e. The molecule has 240 valence electrons. The van der Waals surface area contributed by atoms with E-state index in [0.29, 0.717) is 12.8 Å². The summed E-state index contributed by atoms with van der Waals surface area (Å²) in [5.41, 5.74) is 3.83. The molecular weight excluding hydrogens is 574 g/mol. The minimum atomic E-state index is -0.938. The normalized spacial score (nSPS) is 23.3. The van der Waals surface area contributed by atoms with Gasteiger partial charge in [-0.05, 0) is 61.3 Å². The molecule has 3 unspecified atom stereocenters. The molecule has 2 aromatic carbocycles. The molecule has 5 rings (SSSR count). The first kappa shape index (κ1) is 32.2. The van der Waals surface area contributed by atoms with Crippen LogP contribution in [0.25, 0.3) is 11.1 Å². The molecule has 10 nitrogen and oxygen atoms in total. The molecule has 0 spiro atoms. The van der Waals surface area contributed by atoms with Crippen molar-refractivity contribution in [2.24, 2.45) is 5.92 Å². The van der Waals surface area contributed by atoms with Gasteiger partial charge < -0.3 is 30.5 Å². The van der Waals surface area contributed by atoms with Crippen molar-refractivity contribution in [2.45, 2.75) is 81.9 Å². The topological polar surface area (TPSA) is 143 Å². The summed E-state index contributed by atoms with van der Waals surface area (Å²) in [6, 6.07) is 15.2. The number of nitrogens with one attached hydrogen (secondary N) is 3. The first-order valence-electron chi connectivity index (χ1n) is 15.9. The lowest BCUT2D eigenvalue weighted by Crippen LogP contribution is -2.50. The number of allylic oxidation sites excluding steroid dienone is 2. The van der Waals surface area contributed by atoms with Gasteiger partial charge in [0.05, 0.1) is 24.6 Å². The molecular formula is C35H43N3O7. The van der Waals surface area contributed by atoms with E-state index >= 15 is 0 Å². The number of aliphatic hydroxyl groups is 1. The van der Waals surface area contributed by atoms with E-state index in [1.807, 2.05) is 48.6 Å². The summed E-state index contributed by atoms with van der Waals surface area (Å²) in [5, 5.41) is 18.3. The standard InChI is InChI=1S/C35H43N3O7/c1-23-20-36-32(41)24(19-31(40)38-35(22-39)17-9-10-18-35)11-3-2-4-16-30(33(42)45-23)37-34(43)44-21-29-27-14-7-5-12-25(27)26-13-6-8-15-28(26)29/h2-3,5-8,12-15,23-24,29-30,39H,4,9-11,16-22H2,1H3,(H,36,41)(H,37,43)(H,38,40). The van der Waals surface area contributed by atoms with Gasteiger partial charge in [-0.3, -0.25) is 9.59 Å². The molecule has 2 aliphatic carbocycles. The Kier molecular flexibility index (Phi) is 10.5. The maximum atomic E-state index is 13.1. The average Bonchev–Trinajstić information content (AvgIpc) is 3.63. The number of benzene rings is 2. The number of carbonyl (C=O) groups excluding carboxylic acids is 4. The fraction of sp³-hybridized carbons (Fsp3) is 0.486. The van der Waals surface area contributed by atoms with Crippen LogP contribution >= 0.6 is 0 Å². The van der Waals surface area contributed by atoms with Gasteiger partial charge in [-0.15, -0.1) is 0 Å². The number of cyclic esters (lactones) is 1. The van der Waals surface area contributed by atoms with E-state index in [1.54, 1.807) is 6.92 Å². The molecule has 45 heavy (non-hydrogen) atoms. The van der Waals surface area contributed by atoms with E-state index in [-0.39, 0.29) is 50.3 Å². The van der Waals surface area contributed by atoms with Gasteiger partial charge in [0.15, 0.2) is 0 Å². The van der Waals surface area contributed by atoms with Crippen LogP contribution in [0.3, 0.4) is 0 Å². The second-order valence-electron chi connectivity index (χ2n) is 12.4. The smallest absolute Gasteiger partial charge is 0.407 e. The van der Waals surface area contributed by atoms with Crippen LogP contribution in [0.15, 0.2) is 60.7 Å². The minimum absolute atomic E-state index is 0.0158. The third-order valence-corrected chi connectivity index (χ3v) is 9.08. The summed E-state index contributed by atoms with van der Waals surface area (Å²) in [7, 11) is 0. The number of rotatable bonds is 7. The second kappa shape index (κ2) is 14.7. The van der Waals surface area contributed by atoms with E-state index in [2.05, 4.69) is 28.1 Å². The molecule has 2 aromatic rings. The van der Waals surface area contributed by atoms with E-state index in [9.17, 15) is 24.3 Å². The third kappa shape index (κ3) is 7.92. The SMILES string of the molecule is CC1CNC(=O)C(CC(=O)NC2(CO)CCCC2)CC=CCCC(NC(=O)OCC2c3ccccc3-c3ccccc32)C(=O)O1. The van der Waals surface area contributed by atoms with E-state index in [1.165, 1.54) is 0 Å². The van der Waals surface area contributed by atoms with Crippen LogP contribution in [-0.4, -0.2) is 66.4 Å². The van der Waals surface area contributed by atoms with Crippen LogP contribution in [0.4, 0.5) is 4.79 Å². The molecule has 0 radical (unpaired) electrons. The highest BCUT2D eigenvalue weighted by atomic mass is 16.6. The maximum Gasteiger partial charge on any atom is 0.407 e. The third-order valence-electron chi connectivity index (χ3n) is 9.08. The monoisotopic (exact) mass is 617 g/mol. The highest BCUT2D eigenvalue weighted by Crippen LogP contribution is 2.44. The van der Waals surface area contributed by atoms with Crippen molar-refractivity contribution in [1.82, 2.24) is 16.0 Å². The Morgan fingerprint density at radius 1 is 1.02 bits per heavy atom. The lowest BCUT2D eigenvalue weighted by Gasteiger charge is -2.28. The van der Waals surface area contributed by atoms with Gasteiger partial charge in [-0.25, -0.2) is 9.59 Å². The van der Waals surface area contributed by atoms with Gasteiger partial charge in [0, 0.05) is 12.3 Å². The number of hydrogen-bond donors (Lipinski definition) is 4. The maximum absolute atomic E-state index is 13.1. The summed E-state index contributed by atoms with van der Waals surface area (Å²) >= 11 is 0. The Hall–Kier alpha value is -4.18. The molecule has 0 bridgehead atoms. The summed E-state index contributed by atoms with van der Waals surface area (Å²) in [6.07, 6.45) is 6.66. The number of aliphatic hydroxyl groups excluding tert-OH is 1. The largest absolute Gasteiger partial charge is 0.459 e. The fourth-order valence-corrected chi connectivity index (χ4v) is 6.61. The molecule has 1 aliphatic heterocycles. The van der Waals surface area contributed by atoms with Gasteiger partial charge >= 0.3 is 12.1 Å². The van der Waals surface area contributed by atoms with Crippen molar-refractivity contribution in [3.63, 3.8) is 0 Å². The van der Waals surface area contributed by atoms with Gasteiger partial charge in [-0.2, -0.15) is 0 Å². The first-order valence-corrected chi connectivity index (χ1v) is 15.9. The lowest BCUT2D eigenvalue weighted by molar-refractivity contribution is -0.151. The number of esters is 1. The van der Waals surface area contributed by atoms with Crippen LogP contribution in [0, 0.1) is 5.92 Å². The Labute approximate surface area is 263 Å². The zero-order valence-electron chi connectivity index (χ0n) is 25.8. The number of fused-ring (bicyclic) bond motifs is 3. The first-order chi connectivity index (χ1) is 21.8. The fourth-order valence-electron chi connectivity index (χ4n) is 6.61. The Morgan fingerprint density at radius 2 is 1.69 bits per heavy atom. The average molecular weight is 618 g/mol. The van der Waals surface area contributed by atoms with Crippen molar-refractivity contribution in [2.75, 3.05) is 19.8 Å². The van der Waals surface area contributed by atoms with Crippen molar-refractivity contribution in [3.05, 3.63) is 71.8 Å². The van der Waals surface area contributed by atoms with Gasteiger partial charge in [0.25, 0.3) is 0 Å². The molecule has 0 saturated heterocycles. The van der Waals surface area contributed by atoms with Crippen molar-refractivity contribution >= 4 is 23.9 Å². The van der Waals surface area contributed by atoms with E-state index in [0.717, 1.165) is 47.9 Å².